The summed E-state index contributed by atoms with van der Waals surface area (Å²) in [5.74, 6) is -3.63. The first-order valence-electron chi connectivity index (χ1n) is 8.30. The van der Waals surface area contributed by atoms with Crippen LogP contribution in [0.3, 0.4) is 0 Å². The minimum absolute atomic E-state index is 0.111. The molecule has 0 unspecified atom stereocenters. The number of nitrogens with one attached hydrogen (secondary N) is 1. The predicted octanol–water partition coefficient (Wildman–Crippen LogP) is 1.24. The fraction of sp³-hybridized carbons (Fsp3) is 0.471. The summed E-state index contributed by atoms with van der Waals surface area (Å²) in [5, 5.41) is 22.7. The standard InChI is InChI=1S/C17H22N2O8/c1-3-26-10-14(20)18-16(17(22)23)13(9-15(21)27-4-2)11-5-7-12(8-6-11)19(24)25/h5-8,13,16H,3-4,9-10H2,1-2H3,(H,18,20)(H,22,23)/t13-,16+/m0/s1. The molecule has 10 nitrogen and oxygen atoms in total. The number of hydrogen-bond donors (Lipinski definition) is 2. The Kier molecular flexibility index (Phi) is 8.86. The summed E-state index contributed by atoms with van der Waals surface area (Å²) in [5.41, 5.74) is 0.165. The van der Waals surface area contributed by atoms with Crippen LogP contribution in [0, 0.1) is 10.1 Å². The minimum Gasteiger partial charge on any atom is -0.480 e. The lowest BCUT2D eigenvalue weighted by molar-refractivity contribution is -0.384. The summed E-state index contributed by atoms with van der Waals surface area (Å²) in [6, 6.07) is 3.67. The van der Waals surface area contributed by atoms with E-state index in [-0.39, 0.29) is 31.9 Å². The first-order chi connectivity index (χ1) is 12.8. The topological polar surface area (TPSA) is 145 Å². The molecule has 0 bridgehead atoms. The number of carboxylic acid groups (broad SMARTS) is 1. The Hall–Kier alpha value is -3.01. The van der Waals surface area contributed by atoms with Crippen LogP contribution in [0.4, 0.5) is 5.69 Å². The zero-order valence-corrected chi connectivity index (χ0v) is 15.0. The third-order valence-corrected chi connectivity index (χ3v) is 3.65. The number of ether oxygens (including phenoxy) is 2. The Morgan fingerprint density at radius 2 is 1.81 bits per heavy atom. The maximum atomic E-state index is 11.9. The molecule has 0 spiro atoms. The fourth-order valence-corrected chi connectivity index (χ4v) is 2.42. The molecule has 1 rings (SSSR count). The molecule has 0 aromatic heterocycles. The molecular weight excluding hydrogens is 360 g/mol. The first-order valence-corrected chi connectivity index (χ1v) is 8.30. The molecule has 0 aliphatic heterocycles. The zero-order chi connectivity index (χ0) is 20.4. The van der Waals surface area contributed by atoms with Crippen molar-refractivity contribution in [1.29, 1.82) is 0 Å². The van der Waals surface area contributed by atoms with Gasteiger partial charge in [-0.25, -0.2) is 4.79 Å². The number of amides is 1. The van der Waals surface area contributed by atoms with Gasteiger partial charge in [-0.3, -0.25) is 19.7 Å². The molecule has 148 valence electrons. The molecule has 0 aliphatic carbocycles. The van der Waals surface area contributed by atoms with E-state index in [1.165, 1.54) is 24.3 Å². The van der Waals surface area contributed by atoms with Gasteiger partial charge < -0.3 is 19.9 Å². The summed E-state index contributed by atoms with van der Waals surface area (Å²) in [6.07, 6.45) is -0.322. The second-order valence-corrected chi connectivity index (χ2v) is 5.48. The number of hydrogen-bond acceptors (Lipinski definition) is 7. The number of benzene rings is 1. The normalized spacial score (nSPS) is 12.7. The number of aliphatic carboxylic acids is 1. The van der Waals surface area contributed by atoms with Gasteiger partial charge in [0.1, 0.15) is 12.6 Å². The maximum Gasteiger partial charge on any atom is 0.326 e. The maximum absolute atomic E-state index is 11.9. The molecule has 0 heterocycles. The van der Waals surface area contributed by atoms with Crippen molar-refractivity contribution in [2.45, 2.75) is 32.2 Å². The highest BCUT2D eigenvalue weighted by molar-refractivity contribution is 5.86. The van der Waals surface area contributed by atoms with Crippen molar-refractivity contribution in [3.05, 3.63) is 39.9 Å². The molecule has 1 amide bonds. The van der Waals surface area contributed by atoms with Crippen LogP contribution >= 0.6 is 0 Å². The Bertz CT molecular complexity index is 674. The Morgan fingerprint density at radius 3 is 2.30 bits per heavy atom. The number of non-ortho nitro benzene ring substituents is 1. The monoisotopic (exact) mass is 382 g/mol. The molecule has 0 saturated carbocycles. The number of nitro groups is 1. The van der Waals surface area contributed by atoms with Gasteiger partial charge in [0.05, 0.1) is 18.0 Å². The van der Waals surface area contributed by atoms with E-state index in [4.69, 9.17) is 9.47 Å². The molecule has 2 atom stereocenters. The van der Waals surface area contributed by atoms with Crippen LogP contribution in [-0.4, -0.2) is 53.7 Å². The Balaban J connectivity index is 3.15. The van der Waals surface area contributed by atoms with Crippen molar-refractivity contribution in [2.24, 2.45) is 0 Å². The highest BCUT2D eigenvalue weighted by atomic mass is 16.6. The fourth-order valence-electron chi connectivity index (χ4n) is 2.42. The van der Waals surface area contributed by atoms with E-state index < -0.39 is 34.7 Å². The van der Waals surface area contributed by atoms with Crippen LogP contribution in [0.5, 0.6) is 0 Å². The third kappa shape index (κ3) is 7.02. The third-order valence-electron chi connectivity index (χ3n) is 3.65. The second-order valence-electron chi connectivity index (χ2n) is 5.48. The molecule has 27 heavy (non-hydrogen) atoms. The summed E-state index contributed by atoms with van der Waals surface area (Å²) in [6.45, 7) is 3.35. The lowest BCUT2D eigenvalue weighted by Crippen LogP contribution is -2.47. The number of rotatable bonds is 11. The van der Waals surface area contributed by atoms with Gasteiger partial charge >= 0.3 is 11.9 Å². The van der Waals surface area contributed by atoms with E-state index in [1.54, 1.807) is 13.8 Å². The molecule has 0 aliphatic rings. The molecule has 10 heteroatoms. The number of carbonyl (C=O) groups is 3. The molecule has 2 N–H and O–H groups in total. The quantitative estimate of drug-likeness (QED) is 0.330. The van der Waals surface area contributed by atoms with Crippen LogP contribution in [0.25, 0.3) is 0 Å². The van der Waals surface area contributed by atoms with E-state index in [0.717, 1.165) is 0 Å². The van der Waals surface area contributed by atoms with Gasteiger partial charge in [0.25, 0.3) is 5.69 Å². The lowest BCUT2D eigenvalue weighted by Gasteiger charge is -2.24. The van der Waals surface area contributed by atoms with Crippen molar-refractivity contribution in [3.8, 4) is 0 Å². The van der Waals surface area contributed by atoms with E-state index >= 15 is 0 Å². The van der Waals surface area contributed by atoms with E-state index in [2.05, 4.69) is 5.32 Å². The zero-order valence-electron chi connectivity index (χ0n) is 15.0. The highest BCUT2D eigenvalue weighted by Crippen LogP contribution is 2.27. The summed E-state index contributed by atoms with van der Waals surface area (Å²) in [7, 11) is 0. The molecule has 1 aromatic rings. The Morgan fingerprint density at radius 1 is 1.19 bits per heavy atom. The van der Waals surface area contributed by atoms with Crippen LogP contribution in [0.2, 0.25) is 0 Å². The average molecular weight is 382 g/mol. The van der Waals surface area contributed by atoms with E-state index in [1.807, 2.05) is 0 Å². The average Bonchev–Trinajstić information content (AvgIpc) is 2.63. The van der Waals surface area contributed by atoms with Crippen molar-refractivity contribution in [3.63, 3.8) is 0 Å². The van der Waals surface area contributed by atoms with Crippen molar-refractivity contribution in [2.75, 3.05) is 19.8 Å². The van der Waals surface area contributed by atoms with Gasteiger partial charge in [0.2, 0.25) is 5.91 Å². The number of esters is 1. The summed E-state index contributed by atoms with van der Waals surface area (Å²) in [4.78, 5) is 45.8. The SMILES string of the molecule is CCOCC(=O)N[C@@H](C(=O)O)[C@@H](CC(=O)OCC)c1ccc([N+](=O)[O-])cc1. The van der Waals surface area contributed by atoms with Gasteiger partial charge in [-0.2, -0.15) is 0 Å². The van der Waals surface area contributed by atoms with Gasteiger partial charge in [0.15, 0.2) is 0 Å². The van der Waals surface area contributed by atoms with Gasteiger partial charge in [-0.1, -0.05) is 12.1 Å². The smallest absolute Gasteiger partial charge is 0.326 e. The Labute approximate surface area is 155 Å². The summed E-state index contributed by atoms with van der Waals surface area (Å²) < 4.78 is 9.83. The molecule has 1 aromatic carbocycles. The number of carboxylic acids is 1. The van der Waals surface area contributed by atoms with Crippen molar-refractivity contribution >= 4 is 23.5 Å². The molecular formula is C17H22N2O8. The van der Waals surface area contributed by atoms with Gasteiger partial charge in [0, 0.05) is 24.7 Å². The van der Waals surface area contributed by atoms with E-state index in [0.29, 0.717) is 5.56 Å². The van der Waals surface area contributed by atoms with Gasteiger partial charge in [-0.15, -0.1) is 0 Å². The minimum atomic E-state index is -1.44. The number of nitro benzene ring substituents is 1. The predicted molar refractivity (Wildman–Crippen MR) is 93.1 cm³/mol. The van der Waals surface area contributed by atoms with Crippen molar-refractivity contribution in [1.82, 2.24) is 5.32 Å². The molecule has 0 saturated heterocycles. The van der Waals surface area contributed by atoms with Crippen LogP contribution in [0.15, 0.2) is 24.3 Å². The van der Waals surface area contributed by atoms with Crippen LogP contribution in [-0.2, 0) is 23.9 Å². The largest absolute Gasteiger partial charge is 0.480 e. The number of carbonyl (C=O) groups excluding carboxylic acids is 2. The lowest BCUT2D eigenvalue weighted by atomic mass is 9.88. The highest BCUT2D eigenvalue weighted by Gasteiger charge is 2.33. The van der Waals surface area contributed by atoms with Crippen LogP contribution < -0.4 is 5.32 Å². The summed E-state index contributed by atoms with van der Waals surface area (Å²) >= 11 is 0. The van der Waals surface area contributed by atoms with Gasteiger partial charge in [-0.05, 0) is 19.4 Å². The first kappa shape index (κ1) is 22.0. The van der Waals surface area contributed by atoms with Crippen molar-refractivity contribution < 1.29 is 33.9 Å². The molecule has 0 radical (unpaired) electrons. The second kappa shape index (κ2) is 10.9. The molecule has 0 fully saturated rings. The van der Waals surface area contributed by atoms with Crippen LogP contribution in [0.1, 0.15) is 31.7 Å². The van der Waals surface area contributed by atoms with E-state index in [9.17, 15) is 29.6 Å². The number of nitrogens with zero attached hydrogens (tertiary/aromatic N) is 1.